The van der Waals surface area contributed by atoms with E-state index in [0.29, 0.717) is 17.1 Å². The van der Waals surface area contributed by atoms with Crippen molar-refractivity contribution in [3.05, 3.63) is 101 Å². The first-order valence-electron chi connectivity index (χ1n) is 9.61. The Morgan fingerprint density at radius 1 is 0.966 bits per heavy atom. The van der Waals surface area contributed by atoms with E-state index in [1.807, 2.05) is 73.7 Å². The number of rotatable bonds is 5. The van der Waals surface area contributed by atoms with Gasteiger partial charge in [-0.3, -0.25) is 4.79 Å². The summed E-state index contributed by atoms with van der Waals surface area (Å²) in [4.78, 5) is 18.0. The number of carbonyl (C=O) groups excluding carboxylic acids is 1. The van der Waals surface area contributed by atoms with Crippen LogP contribution in [0.5, 0.6) is 0 Å². The van der Waals surface area contributed by atoms with Gasteiger partial charge in [0.1, 0.15) is 0 Å². The average Bonchev–Trinajstić information content (AvgIpc) is 2.74. The molecule has 0 bridgehead atoms. The summed E-state index contributed by atoms with van der Waals surface area (Å²) >= 11 is 6.19. The molecule has 4 rings (SSSR count). The van der Waals surface area contributed by atoms with Gasteiger partial charge in [0.15, 0.2) is 0 Å². The minimum absolute atomic E-state index is 0.0830. The average molecular weight is 401 g/mol. The number of amides is 1. The second-order valence-corrected chi connectivity index (χ2v) is 7.42. The van der Waals surface area contributed by atoms with E-state index in [1.165, 1.54) is 5.56 Å². The van der Waals surface area contributed by atoms with Crippen molar-refractivity contribution in [2.24, 2.45) is 0 Å². The number of nitrogens with one attached hydrogen (secondary N) is 1. The van der Waals surface area contributed by atoms with Crippen LogP contribution in [0, 0.1) is 6.92 Å². The predicted molar refractivity (Wildman–Crippen MR) is 119 cm³/mol. The molecule has 3 aromatic carbocycles. The first-order chi connectivity index (χ1) is 14.1. The molecule has 0 unspecified atom stereocenters. The fourth-order valence-corrected chi connectivity index (χ4v) is 3.76. The number of benzene rings is 3. The number of aromatic nitrogens is 1. The lowest BCUT2D eigenvalue weighted by Crippen LogP contribution is -2.27. The highest BCUT2D eigenvalue weighted by molar-refractivity contribution is 6.30. The fourth-order valence-electron chi connectivity index (χ4n) is 3.57. The molecule has 0 saturated carbocycles. The molecule has 0 fully saturated rings. The molecule has 0 aliphatic rings. The van der Waals surface area contributed by atoms with E-state index in [2.05, 4.69) is 17.4 Å². The Hall–Kier alpha value is -3.17. The monoisotopic (exact) mass is 400 g/mol. The van der Waals surface area contributed by atoms with Crippen LogP contribution in [0.15, 0.2) is 78.9 Å². The van der Waals surface area contributed by atoms with Gasteiger partial charge in [-0.1, -0.05) is 72.3 Å². The molecule has 1 N–H and O–H groups in total. The summed E-state index contributed by atoms with van der Waals surface area (Å²) in [7, 11) is 0. The van der Waals surface area contributed by atoms with Gasteiger partial charge in [-0.15, -0.1) is 0 Å². The molecule has 29 heavy (non-hydrogen) atoms. The van der Waals surface area contributed by atoms with Crippen LogP contribution in [0.4, 0.5) is 0 Å². The van der Waals surface area contributed by atoms with Gasteiger partial charge in [-0.25, -0.2) is 4.98 Å². The van der Waals surface area contributed by atoms with E-state index >= 15 is 0 Å². The zero-order valence-corrected chi connectivity index (χ0v) is 16.9. The van der Waals surface area contributed by atoms with Crippen molar-refractivity contribution in [1.82, 2.24) is 10.3 Å². The third kappa shape index (κ3) is 4.15. The number of hydrogen-bond acceptors (Lipinski definition) is 2. The first kappa shape index (κ1) is 19.2. The number of carbonyl (C=O) groups is 1. The van der Waals surface area contributed by atoms with Crippen LogP contribution in [0.25, 0.3) is 22.2 Å². The smallest absolute Gasteiger partial charge is 0.252 e. The van der Waals surface area contributed by atoms with Gasteiger partial charge in [-0.2, -0.15) is 0 Å². The molecule has 144 valence electrons. The fraction of sp³-hybridized carbons (Fsp3) is 0.120. The summed E-state index contributed by atoms with van der Waals surface area (Å²) in [6, 6.07) is 25.5. The maximum absolute atomic E-state index is 13.2. The van der Waals surface area contributed by atoms with Gasteiger partial charge in [0.2, 0.25) is 0 Å². The molecule has 3 nitrogen and oxygen atoms in total. The molecule has 0 aliphatic carbocycles. The zero-order chi connectivity index (χ0) is 20.2. The number of pyridine rings is 1. The van der Waals surface area contributed by atoms with Gasteiger partial charge in [0, 0.05) is 22.5 Å². The van der Waals surface area contributed by atoms with Crippen LogP contribution in [0.1, 0.15) is 21.5 Å². The summed E-state index contributed by atoms with van der Waals surface area (Å²) in [6.45, 7) is 2.52. The Labute approximate surface area is 175 Å². The molecule has 1 amide bonds. The van der Waals surface area contributed by atoms with Crippen molar-refractivity contribution in [3.63, 3.8) is 0 Å². The third-order valence-electron chi connectivity index (χ3n) is 5.00. The summed E-state index contributed by atoms with van der Waals surface area (Å²) in [5.74, 6) is -0.0830. The predicted octanol–water partition coefficient (Wildman–Crippen LogP) is 5.84. The molecular weight excluding hydrogens is 380 g/mol. The SMILES string of the molecule is Cc1c(-c2cccc(Cl)c2)nc2ccccc2c1C(=O)NCCc1ccccc1. The lowest BCUT2D eigenvalue weighted by Gasteiger charge is -2.15. The minimum atomic E-state index is -0.0830. The highest BCUT2D eigenvalue weighted by Crippen LogP contribution is 2.30. The van der Waals surface area contributed by atoms with Gasteiger partial charge in [0.25, 0.3) is 5.91 Å². The van der Waals surface area contributed by atoms with Gasteiger partial charge in [-0.05, 0) is 42.7 Å². The number of fused-ring (bicyclic) bond motifs is 1. The largest absolute Gasteiger partial charge is 0.352 e. The molecule has 4 heteroatoms. The van der Waals surface area contributed by atoms with Gasteiger partial charge < -0.3 is 5.32 Å². The van der Waals surface area contributed by atoms with Crippen molar-refractivity contribution in [2.75, 3.05) is 6.54 Å². The molecule has 0 radical (unpaired) electrons. The van der Waals surface area contributed by atoms with Gasteiger partial charge >= 0.3 is 0 Å². The summed E-state index contributed by atoms with van der Waals surface area (Å²) in [5.41, 5.74) is 5.19. The number of nitrogens with zero attached hydrogens (tertiary/aromatic N) is 1. The number of hydrogen-bond donors (Lipinski definition) is 1. The second-order valence-electron chi connectivity index (χ2n) is 6.98. The van der Waals surface area contributed by atoms with Crippen molar-refractivity contribution in [3.8, 4) is 11.3 Å². The zero-order valence-electron chi connectivity index (χ0n) is 16.2. The van der Waals surface area contributed by atoms with Crippen LogP contribution >= 0.6 is 11.6 Å². The van der Waals surface area contributed by atoms with Crippen molar-refractivity contribution >= 4 is 28.4 Å². The standard InChI is InChI=1S/C25H21ClN2O/c1-17-23(25(29)27-15-14-18-8-3-2-4-9-18)21-12-5-6-13-22(21)28-24(17)19-10-7-11-20(26)16-19/h2-13,16H,14-15H2,1H3,(H,27,29). The Kier molecular flexibility index (Phi) is 5.59. The van der Waals surface area contributed by atoms with Crippen LogP contribution in [0.3, 0.4) is 0 Å². The van der Waals surface area contributed by atoms with Crippen molar-refractivity contribution in [2.45, 2.75) is 13.3 Å². The van der Waals surface area contributed by atoms with Crippen molar-refractivity contribution in [1.29, 1.82) is 0 Å². The molecule has 0 aliphatic heterocycles. The van der Waals surface area contributed by atoms with E-state index in [1.54, 1.807) is 0 Å². The molecule has 4 aromatic rings. The Balaban J connectivity index is 1.70. The highest BCUT2D eigenvalue weighted by Gasteiger charge is 2.18. The maximum atomic E-state index is 13.2. The van der Waals surface area contributed by atoms with Crippen molar-refractivity contribution < 1.29 is 4.79 Å². The molecular formula is C25H21ClN2O. The summed E-state index contributed by atoms with van der Waals surface area (Å²) in [5, 5.41) is 4.58. The molecule has 0 saturated heterocycles. The normalized spacial score (nSPS) is 10.8. The minimum Gasteiger partial charge on any atom is -0.352 e. The summed E-state index contributed by atoms with van der Waals surface area (Å²) in [6.07, 6.45) is 0.787. The topological polar surface area (TPSA) is 42.0 Å². The Morgan fingerprint density at radius 2 is 1.72 bits per heavy atom. The maximum Gasteiger partial charge on any atom is 0.252 e. The first-order valence-corrected chi connectivity index (χ1v) is 9.98. The Morgan fingerprint density at radius 3 is 2.52 bits per heavy atom. The van der Waals surface area contributed by atoms with E-state index < -0.39 is 0 Å². The van der Waals surface area contributed by atoms with E-state index in [-0.39, 0.29) is 5.91 Å². The lowest BCUT2D eigenvalue weighted by molar-refractivity contribution is 0.0955. The van der Waals surface area contributed by atoms with Crippen LogP contribution in [-0.2, 0) is 6.42 Å². The van der Waals surface area contributed by atoms with Crippen LogP contribution in [0.2, 0.25) is 5.02 Å². The van der Waals surface area contributed by atoms with E-state index in [4.69, 9.17) is 16.6 Å². The highest BCUT2D eigenvalue weighted by atomic mass is 35.5. The van der Waals surface area contributed by atoms with E-state index in [0.717, 1.165) is 34.1 Å². The third-order valence-corrected chi connectivity index (χ3v) is 5.24. The second kappa shape index (κ2) is 8.46. The molecule has 1 heterocycles. The summed E-state index contributed by atoms with van der Waals surface area (Å²) < 4.78 is 0. The van der Waals surface area contributed by atoms with Crippen LogP contribution in [-0.4, -0.2) is 17.4 Å². The number of para-hydroxylation sites is 1. The molecule has 0 spiro atoms. The Bertz CT molecular complexity index is 1170. The molecule has 1 aromatic heterocycles. The lowest BCUT2D eigenvalue weighted by atomic mass is 9.97. The van der Waals surface area contributed by atoms with Gasteiger partial charge in [0.05, 0.1) is 16.8 Å². The van der Waals surface area contributed by atoms with E-state index in [9.17, 15) is 4.79 Å². The van der Waals surface area contributed by atoms with Crippen LogP contribution < -0.4 is 5.32 Å². The number of halogens is 1. The quantitative estimate of drug-likeness (QED) is 0.457. The molecule has 0 atom stereocenters.